The summed E-state index contributed by atoms with van der Waals surface area (Å²) in [6.45, 7) is 4.26. The Morgan fingerprint density at radius 2 is 1.91 bits per heavy atom. The number of halogens is 1. The molecule has 1 aliphatic heterocycles. The molecule has 0 amide bonds. The number of nitrogens with one attached hydrogen (secondary N) is 1. The van der Waals surface area contributed by atoms with E-state index < -0.39 is 0 Å². The monoisotopic (exact) mass is 455 g/mol. The number of benzene rings is 2. The highest BCUT2D eigenvalue weighted by Gasteiger charge is 2.20. The molecule has 1 aliphatic rings. The first-order chi connectivity index (χ1) is 16.2. The molecule has 0 aliphatic carbocycles. The SMILES string of the molecule is [B]c1cnn2c(NCC3CCCN(CCc4ccccc4)C3)cc(-c3ccccc3Cl)nc12. The van der Waals surface area contributed by atoms with Gasteiger partial charge >= 0.3 is 0 Å². The van der Waals surface area contributed by atoms with E-state index in [2.05, 4.69) is 45.6 Å². The van der Waals surface area contributed by atoms with E-state index in [0.717, 1.165) is 43.1 Å². The molecule has 1 saturated heterocycles. The van der Waals surface area contributed by atoms with Gasteiger partial charge in [0.1, 0.15) is 13.7 Å². The molecule has 5 nitrogen and oxygen atoms in total. The van der Waals surface area contributed by atoms with Gasteiger partial charge < -0.3 is 10.2 Å². The summed E-state index contributed by atoms with van der Waals surface area (Å²) in [7, 11) is 6.16. The van der Waals surface area contributed by atoms with Gasteiger partial charge in [0.15, 0.2) is 5.65 Å². The lowest BCUT2D eigenvalue weighted by Gasteiger charge is -2.33. The van der Waals surface area contributed by atoms with Crippen LogP contribution in [0, 0.1) is 5.92 Å². The first-order valence-corrected chi connectivity index (χ1v) is 11.9. The molecule has 4 aromatic rings. The molecule has 166 valence electrons. The largest absolute Gasteiger partial charge is 0.370 e. The van der Waals surface area contributed by atoms with E-state index in [1.165, 1.54) is 24.9 Å². The summed E-state index contributed by atoms with van der Waals surface area (Å²) >= 11 is 6.45. The Bertz CT molecular complexity index is 1230. The molecule has 5 rings (SSSR count). The van der Waals surface area contributed by atoms with E-state index in [-0.39, 0.29) is 0 Å². The van der Waals surface area contributed by atoms with Crippen LogP contribution < -0.4 is 10.8 Å². The highest BCUT2D eigenvalue weighted by Crippen LogP contribution is 2.28. The normalized spacial score (nSPS) is 16.8. The Balaban J connectivity index is 1.29. The second-order valence-electron chi connectivity index (χ2n) is 8.77. The van der Waals surface area contributed by atoms with E-state index in [9.17, 15) is 0 Å². The Morgan fingerprint density at radius 3 is 2.76 bits per heavy atom. The average Bonchev–Trinajstić information content (AvgIpc) is 3.23. The topological polar surface area (TPSA) is 45.5 Å². The van der Waals surface area contributed by atoms with Gasteiger partial charge in [0.25, 0.3) is 0 Å². The smallest absolute Gasteiger partial charge is 0.150 e. The molecule has 3 heterocycles. The van der Waals surface area contributed by atoms with Crippen molar-refractivity contribution in [3.63, 3.8) is 0 Å². The molecule has 1 unspecified atom stereocenters. The Morgan fingerprint density at radius 1 is 1.09 bits per heavy atom. The van der Waals surface area contributed by atoms with Crippen LogP contribution in [0.15, 0.2) is 66.9 Å². The van der Waals surface area contributed by atoms with Crippen LogP contribution in [0.4, 0.5) is 5.82 Å². The molecular formula is C26H27BClN5. The van der Waals surface area contributed by atoms with E-state index in [4.69, 9.17) is 24.4 Å². The highest BCUT2D eigenvalue weighted by atomic mass is 35.5. The van der Waals surface area contributed by atoms with Crippen molar-refractivity contribution in [1.29, 1.82) is 0 Å². The first kappa shape index (κ1) is 22.0. The minimum Gasteiger partial charge on any atom is -0.370 e. The number of hydrogen-bond donors (Lipinski definition) is 1. The first-order valence-electron chi connectivity index (χ1n) is 11.6. The maximum absolute atomic E-state index is 6.45. The standard InChI is InChI=1S/C26H27BClN5/c27-22-17-30-33-25(15-24(31-26(22)33)21-10-4-5-11-23(21)28)29-16-20-9-6-13-32(18-20)14-12-19-7-2-1-3-8-19/h1-5,7-8,10-11,15,17,20,29H,6,9,12-14,16,18H2. The van der Waals surface area contributed by atoms with Crippen molar-refractivity contribution in [3.8, 4) is 11.3 Å². The fourth-order valence-electron chi connectivity index (χ4n) is 4.61. The molecule has 33 heavy (non-hydrogen) atoms. The predicted molar refractivity (Wildman–Crippen MR) is 137 cm³/mol. The highest BCUT2D eigenvalue weighted by molar-refractivity contribution is 6.36. The number of likely N-dealkylation sites (tertiary alicyclic amines) is 1. The van der Waals surface area contributed by atoms with Gasteiger partial charge in [0.2, 0.25) is 0 Å². The van der Waals surface area contributed by atoms with Crippen molar-refractivity contribution in [1.82, 2.24) is 19.5 Å². The van der Waals surface area contributed by atoms with Crippen molar-refractivity contribution in [2.45, 2.75) is 19.3 Å². The van der Waals surface area contributed by atoms with Gasteiger partial charge in [0.05, 0.1) is 5.69 Å². The van der Waals surface area contributed by atoms with E-state index in [1.807, 2.05) is 30.3 Å². The van der Waals surface area contributed by atoms with Crippen LogP contribution in [0.25, 0.3) is 16.9 Å². The van der Waals surface area contributed by atoms with Crippen LogP contribution in [0.1, 0.15) is 18.4 Å². The van der Waals surface area contributed by atoms with Crippen LogP contribution in [-0.4, -0.2) is 53.5 Å². The van der Waals surface area contributed by atoms with Crippen molar-refractivity contribution >= 4 is 36.4 Å². The second-order valence-corrected chi connectivity index (χ2v) is 9.17. The predicted octanol–water partition coefficient (Wildman–Crippen LogP) is 4.21. The number of nitrogens with zero attached hydrogens (tertiary/aromatic N) is 4. The molecule has 1 N–H and O–H groups in total. The number of piperidine rings is 1. The summed E-state index contributed by atoms with van der Waals surface area (Å²) in [5.74, 6) is 1.46. The van der Waals surface area contributed by atoms with Gasteiger partial charge in [-0.25, -0.2) is 4.98 Å². The number of rotatable bonds is 7. The molecule has 2 aromatic heterocycles. The zero-order valence-electron chi connectivity index (χ0n) is 18.6. The van der Waals surface area contributed by atoms with Crippen molar-refractivity contribution in [3.05, 3.63) is 77.4 Å². The van der Waals surface area contributed by atoms with Gasteiger partial charge in [-0.3, -0.25) is 0 Å². The second kappa shape index (κ2) is 9.98. The lowest BCUT2D eigenvalue weighted by Crippen LogP contribution is -2.39. The number of anilines is 1. The minimum atomic E-state index is 0.553. The Hall–Kier alpha value is -2.83. The van der Waals surface area contributed by atoms with E-state index >= 15 is 0 Å². The summed E-state index contributed by atoms with van der Waals surface area (Å²) in [6.07, 6.45) is 5.20. The molecule has 1 fully saturated rings. The Kier molecular flexibility index (Phi) is 6.65. The number of hydrogen-bond acceptors (Lipinski definition) is 4. The van der Waals surface area contributed by atoms with Crippen LogP contribution in [0.2, 0.25) is 5.02 Å². The number of fused-ring (bicyclic) bond motifs is 1. The summed E-state index contributed by atoms with van der Waals surface area (Å²) in [5.41, 5.74) is 4.27. The molecule has 7 heteroatoms. The summed E-state index contributed by atoms with van der Waals surface area (Å²) in [4.78, 5) is 7.32. The van der Waals surface area contributed by atoms with Crippen LogP contribution in [-0.2, 0) is 6.42 Å². The van der Waals surface area contributed by atoms with E-state index in [0.29, 0.717) is 22.1 Å². The summed E-state index contributed by atoms with van der Waals surface area (Å²) < 4.78 is 1.78. The van der Waals surface area contributed by atoms with Crippen molar-refractivity contribution in [2.75, 3.05) is 31.5 Å². The third-order valence-electron chi connectivity index (χ3n) is 6.38. The van der Waals surface area contributed by atoms with E-state index in [1.54, 1.807) is 10.7 Å². The molecule has 0 saturated carbocycles. The maximum atomic E-state index is 6.45. The van der Waals surface area contributed by atoms with Gasteiger partial charge in [-0.15, -0.1) is 0 Å². The molecular weight excluding hydrogens is 429 g/mol. The molecule has 0 spiro atoms. The molecule has 2 radical (unpaired) electrons. The minimum absolute atomic E-state index is 0.553. The maximum Gasteiger partial charge on any atom is 0.150 e. The lowest BCUT2D eigenvalue weighted by atomic mass is 9.97. The quantitative estimate of drug-likeness (QED) is 0.424. The van der Waals surface area contributed by atoms with Gasteiger partial charge in [-0.2, -0.15) is 9.61 Å². The third kappa shape index (κ3) is 5.07. The van der Waals surface area contributed by atoms with Gasteiger partial charge in [-0.05, 0) is 48.8 Å². The fraction of sp³-hybridized carbons (Fsp3) is 0.308. The molecule has 2 aromatic carbocycles. The summed E-state index contributed by atoms with van der Waals surface area (Å²) in [5, 5.41) is 8.74. The van der Waals surface area contributed by atoms with Gasteiger partial charge in [0, 0.05) is 42.5 Å². The third-order valence-corrected chi connectivity index (χ3v) is 6.71. The van der Waals surface area contributed by atoms with Crippen LogP contribution >= 0.6 is 11.6 Å². The fourth-order valence-corrected chi connectivity index (χ4v) is 4.85. The average molecular weight is 456 g/mol. The van der Waals surface area contributed by atoms with Crippen molar-refractivity contribution in [2.24, 2.45) is 5.92 Å². The zero-order chi connectivity index (χ0) is 22.6. The van der Waals surface area contributed by atoms with Crippen LogP contribution in [0.5, 0.6) is 0 Å². The molecule has 1 atom stereocenters. The van der Waals surface area contributed by atoms with Gasteiger partial charge in [-0.1, -0.05) is 60.1 Å². The Labute approximate surface area is 201 Å². The van der Waals surface area contributed by atoms with Crippen LogP contribution in [0.3, 0.4) is 0 Å². The number of aromatic nitrogens is 3. The molecule has 0 bridgehead atoms. The zero-order valence-corrected chi connectivity index (χ0v) is 19.4. The van der Waals surface area contributed by atoms with Crippen molar-refractivity contribution < 1.29 is 0 Å². The lowest BCUT2D eigenvalue weighted by molar-refractivity contribution is 0.182. The summed E-state index contributed by atoms with van der Waals surface area (Å²) in [6, 6.07) is 20.5.